The average molecular weight is 373 g/mol. The minimum absolute atomic E-state index is 0.0599. The summed E-state index contributed by atoms with van der Waals surface area (Å²) in [5.41, 5.74) is -0.284. The van der Waals surface area contributed by atoms with Crippen molar-refractivity contribution in [3.63, 3.8) is 0 Å². The number of likely N-dealkylation sites (tertiary alicyclic amines) is 1. The van der Waals surface area contributed by atoms with Gasteiger partial charge < -0.3 is 4.90 Å². The van der Waals surface area contributed by atoms with E-state index in [2.05, 4.69) is 11.6 Å². The second-order valence-electron chi connectivity index (χ2n) is 7.48. The summed E-state index contributed by atoms with van der Waals surface area (Å²) in [6, 6.07) is 4.42. The van der Waals surface area contributed by atoms with Gasteiger partial charge >= 0.3 is 0 Å². The first-order chi connectivity index (χ1) is 11.0. The van der Waals surface area contributed by atoms with E-state index in [9.17, 15) is 13.2 Å². The zero-order valence-corrected chi connectivity index (χ0v) is 16.2. The van der Waals surface area contributed by atoms with E-state index in [1.807, 2.05) is 0 Å². The largest absolute Gasteiger partial charge is 0.339 e. The summed E-state index contributed by atoms with van der Waals surface area (Å²) in [7, 11) is -3.80. The molecule has 1 aromatic carbocycles. The summed E-state index contributed by atoms with van der Waals surface area (Å²) >= 11 is 6.08. The van der Waals surface area contributed by atoms with Crippen molar-refractivity contribution in [2.45, 2.75) is 51.0 Å². The van der Waals surface area contributed by atoms with Crippen molar-refractivity contribution in [3.05, 3.63) is 28.8 Å². The van der Waals surface area contributed by atoms with Crippen LogP contribution in [0.1, 0.15) is 50.9 Å². The predicted molar refractivity (Wildman–Crippen MR) is 95.8 cm³/mol. The van der Waals surface area contributed by atoms with Gasteiger partial charge in [-0.1, -0.05) is 18.5 Å². The maximum Gasteiger partial charge on any atom is 0.253 e. The van der Waals surface area contributed by atoms with Gasteiger partial charge in [0.1, 0.15) is 4.90 Å². The molecule has 1 amide bonds. The van der Waals surface area contributed by atoms with Crippen molar-refractivity contribution in [2.24, 2.45) is 5.92 Å². The number of nitrogens with one attached hydrogen (secondary N) is 1. The number of hydrogen-bond acceptors (Lipinski definition) is 3. The molecule has 1 saturated heterocycles. The van der Waals surface area contributed by atoms with Crippen LogP contribution in [-0.2, 0) is 10.0 Å². The molecule has 0 atom stereocenters. The molecule has 1 aliphatic rings. The molecule has 24 heavy (non-hydrogen) atoms. The van der Waals surface area contributed by atoms with Crippen molar-refractivity contribution in [1.29, 1.82) is 0 Å². The summed E-state index contributed by atoms with van der Waals surface area (Å²) in [6.45, 7) is 8.83. The maximum absolute atomic E-state index is 12.6. The van der Waals surface area contributed by atoms with Crippen LogP contribution in [0.4, 0.5) is 0 Å². The standard InChI is InChI=1S/C17H25ClN2O3S/c1-12-7-9-20(10-8-12)16(21)13-5-6-14(18)15(11-13)24(22,23)19-17(2,3)4/h5-6,11-12,19H,7-10H2,1-4H3. The smallest absolute Gasteiger partial charge is 0.253 e. The number of sulfonamides is 1. The van der Waals surface area contributed by atoms with Crippen LogP contribution in [0, 0.1) is 5.92 Å². The van der Waals surface area contributed by atoms with Crippen LogP contribution in [0.25, 0.3) is 0 Å². The first-order valence-electron chi connectivity index (χ1n) is 8.12. The molecule has 0 aromatic heterocycles. The SMILES string of the molecule is CC1CCN(C(=O)c2ccc(Cl)c(S(=O)(=O)NC(C)(C)C)c2)CC1. The molecular formula is C17H25ClN2O3S. The molecule has 5 nitrogen and oxygen atoms in total. The Bertz CT molecular complexity index is 718. The Morgan fingerprint density at radius 1 is 1.25 bits per heavy atom. The fourth-order valence-electron chi connectivity index (χ4n) is 2.69. The third kappa shape index (κ3) is 4.71. The van der Waals surface area contributed by atoms with Crippen molar-refractivity contribution >= 4 is 27.5 Å². The Kier molecular flexibility index (Phi) is 5.62. The molecule has 0 bridgehead atoms. The zero-order valence-electron chi connectivity index (χ0n) is 14.6. The van der Waals surface area contributed by atoms with Gasteiger partial charge in [-0.3, -0.25) is 4.79 Å². The molecule has 1 fully saturated rings. The van der Waals surface area contributed by atoms with Gasteiger partial charge in [-0.25, -0.2) is 13.1 Å². The monoisotopic (exact) mass is 372 g/mol. The van der Waals surface area contributed by atoms with Crippen molar-refractivity contribution in [1.82, 2.24) is 9.62 Å². The Labute approximate surface area is 149 Å². The first kappa shape index (κ1) is 19.2. The van der Waals surface area contributed by atoms with Gasteiger partial charge in [0.25, 0.3) is 5.91 Å². The lowest BCUT2D eigenvalue weighted by Gasteiger charge is -2.30. The van der Waals surface area contributed by atoms with Crippen molar-refractivity contribution < 1.29 is 13.2 Å². The van der Waals surface area contributed by atoms with E-state index in [0.29, 0.717) is 24.6 Å². The minimum atomic E-state index is -3.80. The van der Waals surface area contributed by atoms with E-state index >= 15 is 0 Å². The van der Waals surface area contributed by atoms with E-state index in [4.69, 9.17) is 11.6 Å². The zero-order chi connectivity index (χ0) is 18.1. The van der Waals surface area contributed by atoms with Gasteiger partial charge in [0.05, 0.1) is 5.02 Å². The third-order valence-electron chi connectivity index (χ3n) is 3.98. The van der Waals surface area contributed by atoms with E-state index in [1.54, 1.807) is 31.7 Å². The van der Waals surface area contributed by atoms with E-state index in [-0.39, 0.29) is 15.8 Å². The van der Waals surface area contributed by atoms with Gasteiger partial charge in [0.15, 0.2) is 0 Å². The highest BCUT2D eigenvalue weighted by atomic mass is 35.5. The fourth-order valence-corrected chi connectivity index (χ4v) is 4.64. The topological polar surface area (TPSA) is 66.5 Å². The molecule has 0 radical (unpaired) electrons. The summed E-state index contributed by atoms with van der Waals surface area (Å²) in [5, 5.41) is 0.107. The minimum Gasteiger partial charge on any atom is -0.339 e. The lowest BCUT2D eigenvalue weighted by atomic mass is 9.98. The van der Waals surface area contributed by atoms with Crippen LogP contribution in [0.15, 0.2) is 23.1 Å². The van der Waals surface area contributed by atoms with Crippen LogP contribution < -0.4 is 4.72 Å². The molecule has 2 rings (SSSR count). The average Bonchev–Trinajstić information content (AvgIpc) is 2.45. The summed E-state index contributed by atoms with van der Waals surface area (Å²) < 4.78 is 27.7. The molecule has 1 aromatic rings. The lowest BCUT2D eigenvalue weighted by Crippen LogP contribution is -2.41. The Balaban J connectivity index is 2.30. The van der Waals surface area contributed by atoms with Gasteiger partial charge in [0.2, 0.25) is 10.0 Å². The van der Waals surface area contributed by atoms with Crippen LogP contribution in [0.3, 0.4) is 0 Å². The van der Waals surface area contributed by atoms with Crippen molar-refractivity contribution in [3.8, 4) is 0 Å². The Morgan fingerprint density at radius 3 is 2.38 bits per heavy atom. The molecule has 0 saturated carbocycles. The number of piperidine rings is 1. The molecule has 134 valence electrons. The third-order valence-corrected chi connectivity index (χ3v) is 6.22. The highest BCUT2D eigenvalue weighted by molar-refractivity contribution is 7.89. The molecular weight excluding hydrogens is 348 g/mol. The number of amides is 1. The second kappa shape index (κ2) is 7.02. The lowest BCUT2D eigenvalue weighted by molar-refractivity contribution is 0.0697. The fraction of sp³-hybridized carbons (Fsp3) is 0.588. The number of rotatable bonds is 3. The number of benzene rings is 1. The summed E-state index contributed by atoms with van der Waals surface area (Å²) in [4.78, 5) is 14.4. The van der Waals surface area contributed by atoms with Gasteiger partial charge in [-0.15, -0.1) is 0 Å². The number of halogens is 1. The van der Waals surface area contributed by atoms with Gasteiger partial charge in [-0.2, -0.15) is 0 Å². The van der Waals surface area contributed by atoms with Crippen LogP contribution in [0.5, 0.6) is 0 Å². The normalized spacial score (nSPS) is 17.1. The van der Waals surface area contributed by atoms with E-state index in [1.165, 1.54) is 12.1 Å². The first-order valence-corrected chi connectivity index (χ1v) is 9.98. The van der Waals surface area contributed by atoms with Gasteiger partial charge in [0, 0.05) is 24.2 Å². The molecule has 1 N–H and O–H groups in total. The molecule has 1 aliphatic heterocycles. The number of carbonyl (C=O) groups is 1. The molecule has 0 unspecified atom stereocenters. The molecule has 1 heterocycles. The number of nitrogens with zero attached hydrogens (tertiary/aromatic N) is 1. The van der Waals surface area contributed by atoms with Crippen LogP contribution >= 0.6 is 11.6 Å². The van der Waals surface area contributed by atoms with Crippen molar-refractivity contribution in [2.75, 3.05) is 13.1 Å². The van der Waals surface area contributed by atoms with E-state index < -0.39 is 15.6 Å². The molecule has 7 heteroatoms. The molecule has 0 spiro atoms. The van der Waals surface area contributed by atoms with Crippen LogP contribution in [0.2, 0.25) is 5.02 Å². The highest BCUT2D eigenvalue weighted by Crippen LogP contribution is 2.25. The Morgan fingerprint density at radius 2 is 1.83 bits per heavy atom. The maximum atomic E-state index is 12.6. The quantitative estimate of drug-likeness (QED) is 0.885. The second-order valence-corrected chi connectivity index (χ2v) is 9.53. The predicted octanol–water partition coefficient (Wildman–Crippen LogP) is 3.29. The Hall–Kier alpha value is -1.11. The number of carbonyl (C=O) groups excluding carboxylic acids is 1. The number of hydrogen-bond donors (Lipinski definition) is 1. The van der Waals surface area contributed by atoms with E-state index in [0.717, 1.165) is 12.8 Å². The van der Waals surface area contributed by atoms with Crippen LogP contribution in [-0.4, -0.2) is 37.9 Å². The summed E-state index contributed by atoms with van der Waals surface area (Å²) in [5.74, 6) is 0.469. The molecule has 0 aliphatic carbocycles. The van der Waals surface area contributed by atoms with Gasteiger partial charge in [-0.05, 0) is 57.7 Å². The summed E-state index contributed by atoms with van der Waals surface area (Å²) in [6.07, 6.45) is 1.94. The highest BCUT2D eigenvalue weighted by Gasteiger charge is 2.27.